The number of para-hydroxylation sites is 1. The molecule has 1 saturated carbocycles. The summed E-state index contributed by atoms with van der Waals surface area (Å²) in [5.74, 6) is 3.60. The van der Waals surface area contributed by atoms with Gasteiger partial charge in [0.05, 0.1) is 8.07 Å². The largest absolute Gasteiger partial charge is 0.508 e. The number of hydrogen-bond donors (Lipinski definition) is 1. The standard InChI is InChI=1S/C17H28OSi/c1-11-12(2)14(4)17(13(11)3)19(5,6)16-10-8-7-9-15(16)18/h7-14,17-18H,1-6H3. The van der Waals surface area contributed by atoms with Crippen molar-refractivity contribution in [2.45, 2.75) is 46.3 Å². The number of aromatic hydroxyl groups is 1. The molecule has 0 amide bonds. The zero-order valence-electron chi connectivity index (χ0n) is 13.1. The molecule has 1 N–H and O–H groups in total. The van der Waals surface area contributed by atoms with Gasteiger partial charge in [0.15, 0.2) is 0 Å². The van der Waals surface area contributed by atoms with Crippen LogP contribution >= 0.6 is 0 Å². The molecule has 1 aliphatic rings. The van der Waals surface area contributed by atoms with E-state index < -0.39 is 8.07 Å². The molecule has 2 rings (SSSR count). The normalized spacial score (nSPS) is 35.6. The van der Waals surface area contributed by atoms with Gasteiger partial charge in [0.2, 0.25) is 0 Å². The van der Waals surface area contributed by atoms with Crippen LogP contribution in [0.25, 0.3) is 0 Å². The minimum Gasteiger partial charge on any atom is -0.508 e. The molecule has 0 bridgehead atoms. The van der Waals surface area contributed by atoms with Crippen LogP contribution in [0.3, 0.4) is 0 Å². The van der Waals surface area contributed by atoms with E-state index in [1.807, 2.05) is 12.1 Å². The van der Waals surface area contributed by atoms with Crippen molar-refractivity contribution in [3.63, 3.8) is 0 Å². The highest BCUT2D eigenvalue weighted by Gasteiger charge is 2.50. The Hall–Kier alpha value is -0.763. The predicted octanol–water partition coefficient (Wildman–Crippen LogP) is 4.24. The first kappa shape index (κ1) is 14.6. The van der Waals surface area contributed by atoms with Crippen LogP contribution in [0, 0.1) is 23.7 Å². The molecule has 0 radical (unpaired) electrons. The molecule has 1 aromatic carbocycles. The fourth-order valence-electron chi connectivity index (χ4n) is 4.60. The van der Waals surface area contributed by atoms with Crippen LogP contribution in [-0.2, 0) is 0 Å². The molecular formula is C17H28OSi. The molecule has 0 aliphatic heterocycles. The first-order chi connectivity index (χ1) is 8.78. The molecule has 0 aromatic heterocycles. The average molecular weight is 276 g/mol. The van der Waals surface area contributed by atoms with Gasteiger partial charge in [-0.1, -0.05) is 59.0 Å². The molecule has 0 saturated heterocycles. The number of hydrogen-bond acceptors (Lipinski definition) is 1. The molecule has 0 spiro atoms. The third kappa shape index (κ3) is 2.24. The molecule has 0 heterocycles. The maximum atomic E-state index is 10.2. The minimum absolute atomic E-state index is 0.505. The van der Waals surface area contributed by atoms with Crippen molar-refractivity contribution in [1.29, 1.82) is 0 Å². The van der Waals surface area contributed by atoms with Gasteiger partial charge < -0.3 is 5.11 Å². The topological polar surface area (TPSA) is 20.2 Å². The highest BCUT2D eigenvalue weighted by Crippen LogP contribution is 2.53. The second-order valence-corrected chi connectivity index (χ2v) is 11.8. The Kier molecular flexibility index (Phi) is 3.83. The highest BCUT2D eigenvalue weighted by molar-refractivity contribution is 6.91. The summed E-state index contributed by atoms with van der Waals surface area (Å²) < 4.78 is 0. The van der Waals surface area contributed by atoms with Crippen molar-refractivity contribution in [2.24, 2.45) is 23.7 Å². The van der Waals surface area contributed by atoms with Crippen molar-refractivity contribution < 1.29 is 5.11 Å². The van der Waals surface area contributed by atoms with Crippen LogP contribution in [0.5, 0.6) is 5.75 Å². The van der Waals surface area contributed by atoms with Crippen LogP contribution in [0.2, 0.25) is 18.6 Å². The van der Waals surface area contributed by atoms with Gasteiger partial charge in [-0.05, 0) is 40.5 Å². The lowest BCUT2D eigenvalue weighted by atomic mass is 9.92. The Morgan fingerprint density at radius 1 is 0.842 bits per heavy atom. The molecule has 19 heavy (non-hydrogen) atoms. The SMILES string of the molecule is CC1C(C)C(C)C([Si](C)(C)c2ccccc2O)C1C. The summed E-state index contributed by atoms with van der Waals surface area (Å²) in [6.07, 6.45) is 0. The van der Waals surface area contributed by atoms with Crippen molar-refractivity contribution in [3.05, 3.63) is 24.3 Å². The molecule has 1 nitrogen and oxygen atoms in total. The van der Waals surface area contributed by atoms with Crippen LogP contribution in [0.4, 0.5) is 0 Å². The fraction of sp³-hybridized carbons (Fsp3) is 0.647. The second kappa shape index (κ2) is 4.97. The summed E-state index contributed by atoms with van der Waals surface area (Å²) in [6.45, 7) is 14.5. The Labute approximate surface area is 119 Å². The summed E-state index contributed by atoms with van der Waals surface area (Å²) in [6, 6.07) is 7.99. The van der Waals surface area contributed by atoms with E-state index in [-0.39, 0.29) is 0 Å². The Balaban J connectivity index is 2.43. The number of rotatable bonds is 2. The van der Waals surface area contributed by atoms with Gasteiger partial charge in [0.1, 0.15) is 5.75 Å². The van der Waals surface area contributed by atoms with Crippen molar-refractivity contribution in [1.82, 2.24) is 0 Å². The summed E-state index contributed by atoms with van der Waals surface area (Å²) in [4.78, 5) is 0. The Morgan fingerprint density at radius 3 is 1.79 bits per heavy atom. The molecule has 4 atom stereocenters. The second-order valence-electron chi connectivity index (χ2n) is 7.20. The average Bonchev–Trinajstić information content (AvgIpc) is 2.54. The maximum Gasteiger partial charge on any atom is 0.114 e. The van der Waals surface area contributed by atoms with Crippen LogP contribution < -0.4 is 5.19 Å². The van der Waals surface area contributed by atoms with E-state index in [0.29, 0.717) is 5.75 Å². The van der Waals surface area contributed by atoms with E-state index in [4.69, 9.17) is 0 Å². The summed E-state index contributed by atoms with van der Waals surface area (Å²) in [5, 5.41) is 11.5. The zero-order valence-corrected chi connectivity index (χ0v) is 14.1. The van der Waals surface area contributed by atoms with Crippen molar-refractivity contribution >= 4 is 13.3 Å². The lowest BCUT2D eigenvalue weighted by Crippen LogP contribution is -2.49. The molecular weight excluding hydrogens is 248 g/mol. The molecule has 4 unspecified atom stereocenters. The molecule has 1 aliphatic carbocycles. The lowest BCUT2D eigenvalue weighted by molar-refractivity contribution is 0.352. The van der Waals surface area contributed by atoms with Gasteiger partial charge in [-0.2, -0.15) is 0 Å². The molecule has 1 fully saturated rings. The van der Waals surface area contributed by atoms with Crippen LogP contribution in [0.15, 0.2) is 24.3 Å². The fourth-order valence-corrected chi connectivity index (χ4v) is 9.47. The third-order valence-corrected chi connectivity index (χ3v) is 10.6. The summed E-state index contributed by atoms with van der Waals surface area (Å²) in [5.41, 5.74) is 0.755. The van der Waals surface area contributed by atoms with E-state index in [1.54, 1.807) is 0 Å². The quantitative estimate of drug-likeness (QED) is 0.801. The molecule has 1 aromatic rings. The lowest BCUT2D eigenvalue weighted by Gasteiger charge is -2.37. The van der Waals surface area contributed by atoms with E-state index in [9.17, 15) is 5.11 Å². The van der Waals surface area contributed by atoms with Crippen LogP contribution in [-0.4, -0.2) is 13.2 Å². The maximum absolute atomic E-state index is 10.2. The first-order valence-electron chi connectivity index (χ1n) is 7.57. The number of phenolic OH excluding ortho intramolecular Hbond substituents is 1. The Bertz CT molecular complexity index is 440. The Morgan fingerprint density at radius 2 is 1.32 bits per heavy atom. The van der Waals surface area contributed by atoms with Gasteiger partial charge in [-0.25, -0.2) is 0 Å². The van der Waals surface area contributed by atoms with E-state index in [1.165, 1.54) is 5.19 Å². The van der Waals surface area contributed by atoms with Crippen LogP contribution in [0.1, 0.15) is 27.7 Å². The zero-order chi connectivity index (χ0) is 14.4. The van der Waals surface area contributed by atoms with Gasteiger partial charge in [-0.3, -0.25) is 0 Å². The third-order valence-electron chi connectivity index (χ3n) is 6.05. The van der Waals surface area contributed by atoms with Gasteiger partial charge >= 0.3 is 0 Å². The van der Waals surface area contributed by atoms with Gasteiger partial charge in [-0.15, -0.1) is 0 Å². The molecule has 106 valence electrons. The van der Waals surface area contributed by atoms with E-state index in [0.717, 1.165) is 29.2 Å². The van der Waals surface area contributed by atoms with Crippen molar-refractivity contribution in [2.75, 3.05) is 0 Å². The van der Waals surface area contributed by atoms with E-state index in [2.05, 4.69) is 52.9 Å². The van der Waals surface area contributed by atoms with Gasteiger partial charge in [0, 0.05) is 0 Å². The number of phenols is 1. The predicted molar refractivity (Wildman–Crippen MR) is 85.6 cm³/mol. The first-order valence-corrected chi connectivity index (χ1v) is 10.6. The highest BCUT2D eigenvalue weighted by atomic mass is 28.3. The van der Waals surface area contributed by atoms with E-state index >= 15 is 0 Å². The van der Waals surface area contributed by atoms with Crippen molar-refractivity contribution in [3.8, 4) is 5.75 Å². The smallest absolute Gasteiger partial charge is 0.114 e. The molecule has 2 heteroatoms. The minimum atomic E-state index is -1.65. The summed E-state index contributed by atoms with van der Waals surface area (Å²) >= 11 is 0. The monoisotopic (exact) mass is 276 g/mol. The number of benzene rings is 1. The van der Waals surface area contributed by atoms with Gasteiger partial charge in [0.25, 0.3) is 0 Å². The summed E-state index contributed by atoms with van der Waals surface area (Å²) in [7, 11) is -1.65.